The van der Waals surface area contributed by atoms with Crippen LogP contribution in [0.1, 0.15) is 143 Å². The predicted octanol–water partition coefficient (Wildman–Crippen LogP) is 4.40. The maximum atomic E-state index is 14.2. The molecule has 3 fully saturated rings. The summed E-state index contributed by atoms with van der Waals surface area (Å²) in [5.74, 6) is -4.02. The van der Waals surface area contributed by atoms with Crippen molar-refractivity contribution in [2.24, 2.45) is 17.8 Å². The molecule has 3 aliphatic heterocycles. The minimum Gasteiger partial charge on any atom is -0.459 e. The fourth-order valence-corrected chi connectivity index (χ4v) is 11.1. The lowest BCUT2D eigenvalue weighted by Crippen LogP contribution is -2.61. The number of nitrogens with one attached hydrogen (secondary N) is 1. The molecule has 1 amide bonds. The number of nitrogens with zero attached hydrogens (tertiary/aromatic N) is 4. The van der Waals surface area contributed by atoms with Crippen molar-refractivity contribution in [1.82, 2.24) is 25.4 Å². The topological polar surface area (TPSA) is 263 Å². The number of aromatic nitrogens is 3. The zero-order valence-corrected chi connectivity index (χ0v) is 45.3. The quantitative estimate of drug-likeness (QED) is 0.0493. The molecule has 414 valence electrons. The van der Waals surface area contributed by atoms with Gasteiger partial charge in [0.05, 0.1) is 53.8 Å². The number of esters is 1. The molecule has 4 unspecified atom stereocenters. The van der Waals surface area contributed by atoms with Gasteiger partial charge in [-0.05, 0) is 84.9 Å². The number of likely N-dealkylation sites (N-methyl/N-ethyl adjacent to an activating group) is 1. The number of hydrogen-bond acceptors (Lipinski definition) is 18. The number of aliphatic hydroxyl groups is 4. The Kier molecular flexibility index (Phi) is 21.9. The second-order valence-electron chi connectivity index (χ2n) is 21.8. The van der Waals surface area contributed by atoms with Crippen molar-refractivity contribution in [1.29, 1.82) is 0 Å². The molecular formula is C53H87N5O15. The van der Waals surface area contributed by atoms with E-state index < -0.39 is 102 Å². The van der Waals surface area contributed by atoms with Gasteiger partial charge in [0.15, 0.2) is 12.6 Å². The van der Waals surface area contributed by atoms with E-state index >= 15 is 0 Å². The maximum absolute atomic E-state index is 14.2. The highest BCUT2D eigenvalue weighted by Gasteiger charge is 2.53. The fourth-order valence-electron chi connectivity index (χ4n) is 11.1. The van der Waals surface area contributed by atoms with Gasteiger partial charge in [-0.2, -0.15) is 0 Å². The van der Waals surface area contributed by atoms with Crippen molar-refractivity contribution in [3.05, 3.63) is 47.3 Å². The van der Waals surface area contributed by atoms with E-state index in [-0.39, 0.29) is 43.5 Å². The van der Waals surface area contributed by atoms with E-state index in [0.29, 0.717) is 32.2 Å². The van der Waals surface area contributed by atoms with Gasteiger partial charge in [-0.3, -0.25) is 29.2 Å². The standard InChI is InChI=1S/C53H87N5O15/c1-13-41-53(9,65)47(63)34(5)45(61)31(2)27-52(8,68-12)49(33(4)40(26-43(60)72-41)71-44-28-51(7,67-11)48(64)35(6)70-44)73-50-46(62)39(24-32(3)69-50)57(10)29-37-21-19-36(20-22-37)25-38-30-58(56-54-38)23-17-15-14-16-18-42(59)55-66/h19-22,30-35,39-41,44,46-50,62-66H,13-18,23-29H2,1-12H3,(H,55,59)/t31-,32-,33+,34+,35+,39+,40+,41?,44?,46-,47-,48+,49?,50?,51-,52+,53-/m1/s1. The molecule has 0 spiro atoms. The van der Waals surface area contributed by atoms with Gasteiger partial charge in [-0.25, -0.2) is 5.48 Å². The van der Waals surface area contributed by atoms with Crippen molar-refractivity contribution in [3.8, 4) is 0 Å². The van der Waals surface area contributed by atoms with Crippen molar-refractivity contribution in [2.45, 2.75) is 230 Å². The van der Waals surface area contributed by atoms with Gasteiger partial charge >= 0.3 is 5.97 Å². The summed E-state index contributed by atoms with van der Waals surface area (Å²) < 4.78 is 46.3. The van der Waals surface area contributed by atoms with Gasteiger partial charge in [-0.1, -0.05) is 70.0 Å². The minimum atomic E-state index is -1.99. The third-order valence-electron chi connectivity index (χ3n) is 15.9. The third kappa shape index (κ3) is 15.3. The lowest BCUT2D eigenvalue weighted by molar-refractivity contribution is -0.317. The second kappa shape index (κ2) is 26.5. The first-order valence-corrected chi connectivity index (χ1v) is 26.2. The van der Waals surface area contributed by atoms with Crippen molar-refractivity contribution in [3.63, 3.8) is 0 Å². The number of unbranched alkanes of at least 4 members (excludes halogenated alkanes) is 3. The van der Waals surface area contributed by atoms with Gasteiger partial charge in [0.2, 0.25) is 5.91 Å². The van der Waals surface area contributed by atoms with Gasteiger partial charge < -0.3 is 53.6 Å². The number of hydrogen-bond donors (Lipinski definition) is 6. The van der Waals surface area contributed by atoms with E-state index in [4.69, 9.17) is 38.4 Å². The summed E-state index contributed by atoms with van der Waals surface area (Å²) in [7, 11) is 4.94. The maximum Gasteiger partial charge on any atom is 0.308 e. The largest absolute Gasteiger partial charge is 0.459 e. The molecule has 4 heterocycles. The first kappa shape index (κ1) is 60.4. The molecule has 73 heavy (non-hydrogen) atoms. The van der Waals surface area contributed by atoms with Crippen LogP contribution in [0.2, 0.25) is 0 Å². The molecule has 0 radical (unpaired) electrons. The van der Waals surface area contributed by atoms with Gasteiger partial charge in [0, 0.05) is 76.6 Å². The van der Waals surface area contributed by atoms with Gasteiger partial charge in [0.1, 0.15) is 29.7 Å². The number of methoxy groups -OCH3 is 2. The molecule has 1 aromatic carbocycles. The average molecular weight is 1030 g/mol. The average Bonchev–Trinajstić information content (AvgIpc) is 3.81. The Labute approximate surface area is 431 Å². The molecule has 0 aliphatic carbocycles. The summed E-state index contributed by atoms with van der Waals surface area (Å²) in [4.78, 5) is 41.7. The number of aliphatic hydroxyl groups excluding tert-OH is 3. The first-order valence-electron chi connectivity index (χ1n) is 26.2. The minimum absolute atomic E-state index is 0.0719. The lowest BCUT2D eigenvalue weighted by Gasteiger charge is -2.49. The number of Topliss-reactive ketones (excluding diaryl/α,β-unsaturated/α-hetero) is 1. The molecular weight excluding hydrogens is 947 g/mol. The van der Waals surface area contributed by atoms with Crippen molar-refractivity contribution < 1.29 is 73.2 Å². The summed E-state index contributed by atoms with van der Waals surface area (Å²) in [6.07, 6.45) is -3.53. The van der Waals surface area contributed by atoms with Crippen LogP contribution in [0.15, 0.2) is 30.5 Å². The Morgan fingerprint density at radius 3 is 2.21 bits per heavy atom. The van der Waals surface area contributed by atoms with E-state index in [1.807, 2.05) is 31.8 Å². The molecule has 3 aliphatic rings. The zero-order valence-electron chi connectivity index (χ0n) is 45.3. The van der Waals surface area contributed by atoms with Crippen LogP contribution in [0.25, 0.3) is 0 Å². The van der Waals surface area contributed by atoms with E-state index in [1.165, 1.54) is 21.1 Å². The Morgan fingerprint density at radius 2 is 1.56 bits per heavy atom. The molecule has 17 atom stereocenters. The van der Waals surface area contributed by atoms with Crippen molar-refractivity contribution in [2.75, 3.05) is 21.3 Å². The highest BCUT2D eigenvalue weighted by atomic mass is 16.7. The Balaban J connectivity index is 1.37. The number of ketones is 1. The summed E-state index contributed by atoms with van der Waals surface area (Å²) in [5, 5.41) is 63.9. The number of carbonyl (C=O) groups is 3. The predicted molar refractivity (Wildman–Crippen MR) is 267 cm³/mol. The van der Waals surface area contributed by atoms with E-state index in [0.717, 1.165) is 42.6 Å². The van der Waals surface area contributed by atoms with Crippen LogP contribution in [-0.4, -0.2) is 169 Å². The third-order valence-corrected chi connectivity index (χ3v) is 15.9. The first-order chi connectivity index (χ1) is 34.4. The molecule has 0 bridgehead atoms. The molecule has 20 nitrogen and oxygen atoms in total. The van der Waals surface area contributed by atoms with Crippen molar-refractivity contribution >= 4 is 17.7 Å². The number of benzene rings is 1. The van der Waals surface area contributed by atoms with Crippen LogP contribution in [0.3, 0.4) is 0 Å². The number of amides is 1. The summed E-state index contributed by atoms with van der Waals surface area (Å²) in [5.41, 5.74) is 0.230. The van der Waals surface area contributed by atoms with Crippen LogP contribution in [-0.2, 0) is 67.1 Å². The highest BCUT2D eigenvalue weighted by Crippen LogP contribution is 2.41. The Bertz CT molecular complexity index is 2060. The van der Waals surface area contributed by atoms with E-state index in [2.05, 4.69) is 39.5 Å². The number of cyclic esters (lactones) is 1. The smallest absolute Gasteiger partial charge is 0.308 e. The van der Waals surface area contributed by atoms with Crippen LogP contribution < -0.4 is 5.48 Å². The van der Waals surface area contributed by atoms with Crippen LogP contribution in [0.4, 0.5) is 0 Å². The van der Waals surface area contributed by atoms with Crippen LogP contribution >= 0.6 is 0 Å². The summed E-state index contributed by atoms with van der Waals surface area (Å²) in [6.45, 7) is 16.6. The fraction of sp³-hybridized carbons (Fsp3) is 0.792. The normalized spacial score (nSPS) is 37.2. The van der Waals surface area contributed by atoms with E-state index in [1.54, 1.807) is 47.0 Å². The highest BCUT2D eigenvalue weighted by molar-refractivity contribution is 5.83. The number of hydroxylamine groups is 1. The molecule has 3 saturated heterocycles. The van der Waals surface area contributed by atoms with Gasteiger partial charge in [0.25, 0.3) is 0 Å². The zero-order chi connectivity index (χ0) is 54.0. The molecule has 6 N–H and O–H groups in total. The summed E-state index contributed by atoms with van der Waals surface area (Å²) in [6, 6.07) is 7.80. The summed E-state index contributed by atoms with van der Waals surface area (Å²) >= 11 is 0. The molecule has 1 aromatic heterocycles. The van der Waals surface area contributed by atoms with E-state index in [9.17, 15) is 34.8 Å². The number of rotatable bonds is 19. The number of carbonyl (C=O) groups excluding carboxylic acids is 3. The SMILES string of the molecule is CCC1OC(=O)C[C@H](OC2C[C@@](C)(OC)[C@@H](O)[C@H](C)O2)[C@H](C)C(OC2O[C@H](C)C[C@H](N(C)Cc3ccc(Cc4cn(CCCCCCC(=O)NO)nn4)cc3)[C@H]2O)[C@@](C)(OC)C[C@@H](C)C(=O)[C@H](C)[C@@H](O)[C@]1(C)O. The number of ether oxygens (including phenoxy) is 7. The van der Waals surface area contributed by atoms with Crippen LogP contribution in [0.5, 0.6) is 0 Å². The second-order valence-corrected chi connectivity index (χ2v) is 21.8. The molecule has 5 rings (SSSR count). The lowest BCUT2D eigenvalue weighted by atomic mass is 9.74. The van der Waals surface area contributed by atoms with Crippen LogP contribution in [0, 0.1) is 17.8 Å². The Hall–Kier alpha value is -3.51. The molecule has 0 saturated carbocycles. The molecule has 20 heteroatoms. The van der Waals surface area contributed by atoms with Gasteiger partial charge in [-0.15, -0.1) is 5.10 Å². The number of aryl methyl sites for hydroxylation is 1. The monoisotopic (exact) mass is 1030 g/mol. The molecule has 2 aromatic rings. The Morgan fingerprint density at radius 1 is 0.904 bits per heavy atom.